The lowest BCUT2D eigenvalue weighted by molar-refractivity contribution is -0.207. The minimum absolute atomic E-state index is 0.449. The van der Waals surface area contributed by atoms with Gasteiger partial charge in [-0.25, -0.2) is 4.79 Å². The minimum atomic E-state index is -4.19. The fourth-order valence-corrected chi connectivity index (χ4v) is 5.18. The van der Waals surface area contributed by atoms with Gasteiger partial charge in [-0.2, -0.15) is 8.78 Å². The topological polar surface area (TPSA) is 83.8 Å². The summed E-state index contributed by atoms with van der Waals surface area (Å²) in [5.74, 6) is -5.88. The summed E-state index contributed by atoms with van der Waals surface area (Å²) in [6, 6.07) is 0. The number of aliphatic hydroxyl groups excluding tert-OH is 1. The highest BCUT2D eigenvalue weighted by molar-refractivity contribution is 5.80. The standard InChI is InChI=1S/C16H22F2O5/c17-16(18,13(20)21)12(1-2-19)23-14(22)15-6-9-3-10(7-15)5-11(4-9)8-15/h9-12,19H,1-8H2,(H,20,21). The number of hydrogen-bond acceptors (Lipinski definition) is 4. The molecule has 1 atom stereocenters. The number of aliphatic hydroxyl groups is 1. The Morgan fingerprint density at radius 3 is 2.00 bits per heavy atom. The van der Waals surface area contributed by atoms with E-state index in [0.717, 1.165) is 19.3 Å². The number of carbonyl (C=O) groups is 2. The summed E-state index contributed by atoms with van der Waals surface area (Å²) in [5, 5.41) is 17.6. The van der Waals surface area contributed by atoms with Gasteiger partial charge in [0.15, 0.2) is 6.10 Å². The molecule has 0 radical (unpaired) electrons. The van der Waals surface area contributed by atoms with Gasteiger partial charge in [-0.05, 0) is 56.3 Å². The fourth-order valence-electron chi connectivity index (χ4n) is 5.18. The Labute approximate surface area is 133 Å². The average molecular weight is 332 g/mol. The molecule has 5 nitrogen and oxygen atoms in total. The molecule has 2 N–H and O–H groups in total. The second-order valence-electron chi connectivity index (χ2n) is 7.53. The first-order valence-electron chi connectivity index (χ1n) is 8.20. The maximum absolute atomic E-state index is 13.7. The van der Waals surface area contributed by atoms with Gasteiger partial charge >= 0.3 is 17.9 Å². The predicted octanol–water partition coefficient (Wildman–Crippen LogP) is 2.22. The molecule has 130 valence electrons. The fraction of sp³-hybridized carbons (Fsp3) is 0.875. The maximum atomic E-state index is 13.7. The third kappa shape index (κ3) is 2.84. The van der Waals surface area contributed by atoms with Crippen LogP contribution in [-0.2, 0) is 14.3 Å². The van der Waals surface area contributed by atoms with Crippen LogP contribution in [0.1, 0.15) is 44.9 Å². The molecule has 0 aliphatic heterocycles. The number of rotatable bonds is 6. The van der Waals surface area contributed by atoms with Crippen molar-refractivity contribution in [3.8, 4) is 0 Å². The highest BCUT2D eigenvalue weighted by atomic mass is 19.3. The molecule has 23 heavy (non-hydrogen) atoms. The van der Waals surface area contributed by atoms with E-state index in [4.69, 9.17) is 14.9 Å². The van der Waals surface area contributed by atoms with Crippen molar-refractivity contribution >= 4 is 11.9 Å². The molecule has 4 bridgehead atoms. The van der Waals surface area contributed by atoms with Crippen LogP contribution < -0.4 is 0 Å². The molecule has 0 spiro atoms. The molecule has 1 unspecified atom stereocenters. The van der Waals surface area contributed by atoms with Crippen molar-refractivity contribution in [3.05, 3.63) is 0 Å². The first kappa shape index (κ1) is 16.6. The van der Waals surface area contributed by atoms with Crippen LogP contribution in [0.3, 0.4) is 0 Å². The van der Waals surface area contributed by atoms with E-state index in [-0.39, 0.29) is 0 Å². The number of hydrogen-bond donors (Lipinski definition) is 2. The highest BCUT2D eigenvalue weighted by Crippen LogP contribution is 2.60. The Hall–Kier alpha value is -1.24. The van der Waals surface area contributed by atoms with Gasteiger partial charge in [-0.15, -0.1) is 0 Å². The number of ether oxygens (including phenoxy) is 1. The summed E-state index contributed by atoms with van der Waals surface area (Å²) < 4.78 is 32.5. The first-order chi connectivity index (χ1) is 10.8. The minimum Gasteiger partial charge on any atom is -0.477 e. The van der Waals surface area contributed by atoms with Crippen LogP contribution in [0.5, 0.6) is 0 Å². The number of alkyl halides is 2. The van der Waals surface area contributed by atoms with Gasteiger partial charge in [-0.3, -0.25) is 4.79 Å². The lowest BCUT2D eigenvalue weighted by Crippen LogP contribution is -2.53. The van der Waals surface area contributed by atoms with Crippen LogP contribution in [-0.4, -0.2) is 40.8 Å². The van der Waals surface area contributed by atoms with E-state index in [1.54, 1.807) is 0 Å². The normalized spacial score (nSPS) is 36.7. The van der Waals surface area contributed by atoms with E-state index < -0.39 is 42.4 Å². The Morgan fingerprint density at radius 2 is 1.61 bits per heavy atom. The molecule has 4 rings (SSSR count). The Balaban J connectivity index is 1.76. The van der Waals surface area contributed by atoms with Gasteiger partial charge in [0.25, 0.3) is 0 Å². The molecule has 0 aromatic carbocycles. The van der Waals surface area contributed by atoms with Crippen LogP contribution in [0.15, 0.2) is 0 Å². The number of esters is 1. The van der Waals surface area contributed by atoms with Gasteiger partial charge < -0.3 is 14.9 Å². The van der Waals surface area contributed by atoms with Crippen molar-refractivity contribution < 1.29 is 33.3 Å². The first-order valence-corrected chi connectivity index (χ1v) is 8.20. The Bertz CT molecular complexity index is 469. The Morgan fingerprint density at radius 1 is 1.13 bits per heavy atom. The summed E-state index contributed by atoms with van der Waals surface area (Å²) in [5.41, 5.74) is -0.725. The van der Waals surface area contributed by atoms with Crippen molar-refractivity contribution in [3.63, 3.8) is 0 Å². The summed E-state index contributed by atoms with van der Waals surface area (Å²) in [6.45, 7) is -0.665. The zero-order valence-corrected chi connectivity index (χ0v) is 12.8. The molecule has 0 aromatic heterocycles. The molecular formula is C16H22F2O5. The van der Waals surface area contributed by atoms with Crippen molar-refractivity contribution in [2.75, 3.05) is 6.61 Å². The van der Waals surface area contributed by atoms with Crippen molar-refractivity contribution in [2.45, 2.75) is 57.0 Å². The molecular weight excluding hydrogens is 310 g/mol. The van der Waals surface area contributed by atoms with Gasteiger partial charge in [0.05, 0.1) is 5.41 Å². The van der Waals surface area contributed by atoms with Gasteiger partial charge in [0.1, 0.15) is 0 Å². The molecule has 4 fully saturated rings. The van der Waals surface area contributed by atoms with Crippen LogP contribution in [0.25, 0.3) is 0 Å². The van der Waals surface area contributed by atoms with Crippen LogP contribution in [0.2, 0.25) is 0 Å². The van der Waals surface area contributed by atoms with Gasteiger partial charge in [-0.1, -0.05) is 0 Å². The second-order valence-corrected chi connectivity index (χ2v) is 7.53. The van der Waals surface area contributed by atoms with E-state index in [1.165, 1.54) is 0 Å². The average Bonchev–Trinajstić information content (AvgIpc) is 2.45. The molecule has 0 amide bonds. The second kappa shape index (κ2) is 5.69. The van der Waals surface area contributed by atoms with Crippen LogP contribution >= 0.6 is 0 Å². The van der Waals surface area contributed by atoms with E-state index in [1.807, 2.05) is 0 Å². The number of halogens is 2. The molecule has 0 saturated heterocycles. The molecule has 0 heterocycles. The van der Waals surface area contributed by atoms with Crippen molar-refractivity contribution in [1.82, 2.24) is 0 Å². The zero-order valence-electron chi connectivity index (χ0n) is 12.8. The number of carboxylic acid groups (broad SMARTS) is 1. The lowest BCUT2D eigenvalue weighted by Gasteiger charge is -2.55. The lowest BCUT2D eigenvalue weighted by atomic mass is 9.49. The van der Waals surface area contributed by atoms with Crippen LogP contribution in [0.4, 0.5) is 8.78 Å². The third-order valence-corrected chi connectivity index (χ3v) is 5.80. The molecule has 4 aliphatic rings. The van der Waals surface area contributed by atoms with Gasteiger partial charge in [0.2, 0.25) is 0 Å². The Kier molecular flexibility index (Phi) is 4.11. The van der Waals surface area contributed by atoms with E-state index in [0.29, 0.717) is 37.0 Å². The number of carboxylic acids is 1. The van der Waals surface area contributed by atoms with Crippen molar-refractivity contribution in [2.24, 2.45) is 23.2 Å². The maximum Gasteiger partial charge on any atom is 0.378 e. The monoisotopic (exact) mass is 332 g/mol. The van der Waals surface area contributed by atoms with Crippen molar-refractivity contribution in [1.29, 1.82) is 0 Å². The predicted molar refractivity (Wildman–Crippen MR) is 74.8 cm³/mol. The third-order valence-electron chi connectivity index (χ3n) is 5.80. The van der Waals surface area contributed by atoms with Gasteiger partial charge in [0, 0.05) is 13.0 Å². The summed E-state index contributed by atoms with van der Waals surface area (Å²) in [7, 11) is 0. The molecule has 7 heteroatoms. The molecule has 4 saturated carbocycles. The SMILES string of the molecule is O=C(OC(CCO)C(F)(F)C(=O)O)C12CC3CC(CC(C3)C1)C2. The largest absolute Gasteiger partial charge is 0.477 e. The smallest absolute Gasteiger partial charge is 0.378 e. The van der Waals surface area contributed by atoms with E-state index in [2.05, 4.69) is 0 Å². The van der Waals surface area contributed by atoms with Crippen LogP contribution in [0, 0.1) is 23.2 Å². The summed E-state index contributed by atoms with van der Waals surface area (Å²) in [6.07, 6.45) is 2.54. The summed E-state index contributed by atoms with van der Waals surface area (Å²) >= 11 is 0. The molecule has 4 aliphatic carbocycles. The highest BCUT2D eigenvalue weighted by Gasteiger charge is 2.57. The number of carbonyl (C=O) groups excluding carboxylic acids is 1. The zero-order chi connectivity index (χ0) is 16.8. The van der Waals surface area contributed by atoms with E-state index in [9.17, 15) is 18.4 Å². The summed E-state index contributed by atoms with van der Waals surface area (Å²) in [4.78, 5) is 23.4. The molecule has 0 aromatic rings. The quantitative estimate of drug-likeness (QED) is 0.729. The van der Waals surface area contributed by atoms with E-state index >= 15 is 0 Å². The number of aliphatic carboxylic acids is 1.